The predicted molar refractivity (Wildman–Crippen MR) is 63.5 cm³/mol. The van der Waals surface area contributed by atoms with Gasteiger partial charge in [-0.3, -0.25) is 9.59 Å². The van der Waals surface area contributed by atoms with Crippen molar-refractivity contribution < 1.29 is 19.4 Å². The van der Waals surface area contributed by atoms with E-state index in [4.69, 9.17) is 15.6 Å². The number of carboxylic acids is 1. The molecule has 0 aromatic carbocycles. The second kappa shape index (κ2) is 8.03. The number of carbonyl (C=O) groups is 2. The predicted octanol–water partition coefficient (Wildman–Crippen LogP) is -0.0343. The first-order valence-corrected chi connectivity index (χ1v) is 5.64. The monoisotopic (exact) mass is 246 g/mol. The number of amides is 1. The Hall–Kier alpha value is -1.14. The molecule has 0 aliphatic carbocycles. The van der Waals surface area contributed by atoms with Gasteiger partial charge in [-0.2, -0.15) is 0 Å². The topological polar surface area (TPSA) is 102 Å². The van der Waals surface area contributed by atoms with Crippen molar-refractivity contribution in [1.29, 1.82) is 0 Å². The molecule has 0 saturated heterocycles. The van der Waals surface area contributed by atoms with Gasteiger partial charge in [0.1, 0.15) is 0 Å². The van der Waals surface area contributed by atoms with Gasteiger partial charge >= 0.3 is 5.97 Å². The van der Waals surface area contributed by atoms with Crippen molar-refractivity contribution in [2.24, 2.45) is 11.7 Å². The number of aliphatic carboxylic acids is 1. The maximum Gasteiger partial charge on any atom is 0.306 e. The normalized spacial score (nSPS) is 14.4. The van der Waals surface area contributed by atoms with Crippen LogP contribution in [0.25, 0.3) is 0 Å². The lowest BCUT2D eigenvalue weighted by Crippen LogP contribution is -2.44. The van der Waals surface area contributed by atoms with Crippen molar-refractivity contribution >= 4 is 11.9 Å². The van der Waals surface area contributed by atoms with Gasteiger partial charge in [0.2, 0.25) is 5.91 Å². The van der Waals surface area contributed by atoms with Crippen LogP contribution in [-0.4, -0.2) is 42.8 Å². The summed E-state index contributed by atoms with van der Waals surface area (Å²) in [6.45, 7) is 4.12. The molecule has 0 aliphatic heterocycles. The summed E-state index contributed by atoms with van der Waals surface area (Å²) < 4.78 is 4.94. The average Bonchev–Trinajstić information content (AvgIpc) is 2.22. The molecule has 2 unspecified atom stereocenters. The minimum atomic E-state index is -0.961. The third-order valence-electron chi connectivity index (χ3n) is 2.30. The third-order valence-corrected chi connectivity index (χ3v) is 2.30. The van der Waals surface area contributed by atoms with Gasteiger partial charge in [0.15, 0.2) is 0 Å². The van der Waals surface area contributed by atoms with Crippen LogP contribution in [0.5, 0.6) is 0 Å². The zero-order valence-electron chi connectivity index (χ0n) is 10.6. The largest absolute Gasteiger partial charge is 0.481 e. The molecule has 2 atom stereocenters. The summed E-state index contributed by atoms with van der Waals surface area (Å²) in [4.78, 5) is 22.0. The van der Waals surface area contributed by atoms with Gasteiger partial charge in [0.25, 0.3) is 0 Å². The molecule has 0 fully saturated rings. The van der Waals surface area contributed by atoms with Crippen LogP contribution in [0, 0.1) is 5.92 Å². The van der Waals surface area contributed by atoms with E-state index in [1.54, 1.807) is 0 Å². The van der Waals surface area contributed by atoms with Crippen LogP contribution < -0.4 is 11.1 Å². The highest BCUT2D eigenvalue weighted by Gasteiger charge is 2.17. The van der Waals surface area contributed by atoms with Crippen LogP contribution in [0.4, 0.5) is 0 Å². The molecule has 1 amide bonds. The lowest BCUT2D eigenvalue weighted by Gasteiger charge is -2.17. The summed E-state index contributed by atoms with van der Waals surface area (Å²) in [5.74, 6) is -0.892. The second-order valence-corrected chi connectivity index (χ2v) is 4.44. The van der Waals surface area contributed by atoms with Crippen molar-refractivity contribution in [2.45, 2.75) is 38.8 Å². The van der Waals surface area contributed by atoms with E-state index in [-0.39, 0.29) is 18.9 Å². The molecule has 0 spiro atoms. The van der Waals surface area contributed by atoms with Crippen LogP contribution in [-0.2, 0) is 14.3 Å². The van der Waals surface area contributed by atoms with Crippen molar-refractivity contribution in [3.63, 3.8) is 0 Å². The summed E-state index contributed by atoms with van der Waals surface area (Å²) in [6, 6.07) is -0.558. The number of hydrogen-bond acceptors (Lipinski definition) is 4. The molecule has 0 aliphatic rings. The van der Waals surface area contributed by atoms with Gasteiger partial charge in [0, 0.05) is 13.7 Å². The van der Waals surface area contributed by atoms with Crippen LogP contribution in [0.1, 0.15) is 26.7 Å². The van der Waals surface area contributed by atoms with E-state index < -0.39 is 18.1 Å². The molecule has 100 valence electrons. The summed E-state index contributed by atoms with van der Waals surface area (Å²) in [5, 5.41) is 11.2. The van der Waals surface area contributed by atoms with E-state index in [1.165, 1.54) is 7.11 Å². The Morgan fingerprint density at radius 3 is 2.41 bits per heavy atom. The summed E-state index contributed by atoms with van der Waals surface area (Å²) in [7, 11) is 1.41. The smallest absolute Gasteiger partial charge is 0.306 e. The molecule has 0 aromatic rings. The Morgan fingerprint density at radius 1 is 1.41 bits per heavy atom. The van der Waals surface area contributed by atoms with Crippen molar-refractivity contribution in [1.82, 2.24) is 5.32 Å². The molecule has 4 N–H and O–H groups in total. The lowest BCUT2D eigenvalue weighted by molar-refractivity contribution is -0.140. The Balaban J connectivity index is 3.99. The average molecular weight is 246 g/mol. The third kappa shape index (κ3) is 7.70. The van der Waals surface area contributed by atoms with Gasteiger partial charge in [0.05, 0.1) is 18.6 Å². The van der Waals surface area contributed by atoms with Crippen LogP contribution in [0.2, 0.25) is 0 Å². The zero-order valence-corrected chi connectivity index (χ0v) is 10.6. The molecule has 17 heavy (non-hydrogen) atoms. The van der Waals surface area contributed by atoms with Gasteiger partial charge < -0.3 is 20.9 Å². The van der Waals surface area contributed by atoms with E-state index in [9.17, 15) is 9.59 Å². The number of ether oxygens (including phenoxy) is 1. The maximum atomic E-state index is 11.5. The Kier molecular flexibility index (Phi) is 7.49. The van der Waals surface area contributed by atoms with E-state index >= 15 is 0 Å². The van der Waals surface area contributed by atoms with Crippen molar-refractivity contribution in [3.05, 3.63) is 0 Å². The minimum Gasteiger partial charge on any atom is -0.481 e. The van der Waals surface area contributed by atoms with E-state index in [2.05, 4.69) is 5.32 Å². The number of nitrogens with one attached hydrogen (secondary N) is 1. The number of hydrogen-bond donors (Lipinski definition) is 3. The standard InChI is InChI=1S/C11H22N2O4/c1-7(2)4-9(12)11(16)13-6-8(17-3)5-10(14)15/h7-9H,4-6,12H2,1-3H3,(H,13,16)(H,14,15). The SMILES string of the molecule is COC(CNC(=O)C(N)CC(C)C)CC(=O)O. The van der Waals surface area contributed by atoms with E-state index in [1.807, 2.05) is 13.8 Å². The van der Waals surface area contributed by atoms with Gasteiger partial charge in [-0.05, 0) is 12.3 Å². The first-order chi connectivity index (χ1) is 7.86. The molecule has 6 nitrogen and oxygen atoms in total. The zero-order chi connectivity index (χ0) is 13.4. The molecule has 0 aromatic heterocycles. The number of methoxy groups -OCH3 is 1. The van der Waals surface area contributed by atoms with Crippen LogP contribution >= 0.6 is 0 Å². The Labute approximate surface area is 102 Å². The first-order valence-electron chi connectivity index (χ1n) is 5.64. The number of carboxylic acid groups (broad SMARTS) is 1. The quantitative estimate of drug-likeness (QED) is 0.558. The summed E-state index contributed by atoms with van der Waals surface area (Å²) >= 11 is 0. The highest BCUT2D eigenvalue weighted by molar-refractivity contribution is 5.81. The molecular weight excluding hydrogens is 224 g/mol. The number of carbonyl (C=O) groups excluding carboxylic acids is 1. The molecular formula is C11H22N2O4. The highest BCUT2D eigenvalue weighted by atomic mass is 16.5. The fourth-order valence-electron chi connectivity index (χ4n) is 1.39. The first kappa shape index (κ1) is 15.9. The minimum absolute atomic E-state index is 0.143. The Bertz CT molecular complexity index is 256. The van der Waals surface area contributed by atoms with Crippen molar-refractivity contribution in [3.8, 4) is 0 Å². The molecule has 0 rings (SSSR count). The highest BCUT2D eigenvalue weighted by Crippen LogP contribution is 2.03. The Morgan fingerprint density at radius 2 is 2.00 bits per heavy atom. The molecule has 6 heteroatoms. The van der Waals surface area contributed by atoms with E-state index in [0.717, 1.165) is 0 Å². The number of rotatable bonds is 8. The van der Waals surface area contributed by atoms with Gasteiger partial charge in [-0.25, -0.2) is 0 Å². The second-order valence-electron chi connectivity index (χ2n) is 4.44. The fraction of sp³-hybridized carbons (Fsp3) is 0.818. The fourth-order valence-corrected chi connectivity index (χ4v) is 1.39. The van der Waals surface area contributed by atoms with Gasteiger partial charge in [-0.1, -0.05) is 13.8 Å². The maximum absolute atomic E-state index is 11.5. The van der Waals surface area contributed by atoms with Crippen LogP contribution in [0.3, 0.4) is 0 Å². The summed E-state index contributed by atoms with van der Waals surface area (Å²) in [6.07, 6.45) is -0.0683. The molecule has 0 heterocycles. The van der Waals surface area contributed by atoms with Crippen molar-refractivity contribution in [2.75, 3.05) is 13.7 Å². The van der Waals surface area contributed by atoms with Crippen LogP contribution in [0.15, 0.2) is 0 Å². The molecule has 0 radical (unpaired) electrons. The van der Waals surface area contributed by atoms with Gasteiger partial charge in [-0.15, -0.1) is 0 Å². The molecule has 0 bridgehead atoms. The summed E-state index contributed by atoms with van der Waals surface area (Å²) in [5.41, 5.74) is 5.68. The lowest BCUT2D eigenvalue weighted by atomic mass is 10.0. The number of nitrogens with two attached hydrogens (primary N) is 1. The molecule has 0 saturated carbocycles. The van der Waals surface area contributed by atoms with E-state index in [0.29, 0.717) is 12.3 Å².